The van der Waals surface area contributed by atoms with Crippen molar-refractivity contribution in [1.82, 2.24) is 5.32 Å². The molecule has 0 fully saturated rings. The van der Waals surface area contributed by atoms with Crippen LogP contribution in [-0.2, 0) is 18.4 Å². The second-order valence-corrected chi connectivity index (χ2v) is 28.5. The first kappa shape index (κ1) is 81.2. The minimum Gasteiger partial charge on any atom is -0.391 e. The molecule has 0 aromatic rings. The van der Waals surface area contributed by atoms with Gasteiger partial charge in [-0.25, -0.2) is 4.57 Å². The molecule has 0 saturated carbocycles. The van der Waals surface area contributed by atoms with Crippen molar-refractivity contribution >= 4 is 13.7 Å². The maximum absolute atomic E-state index is 13.1. The monoisotopic (exact) mass is 1180 g/mol. The van der Waals surface area contributed by atoms with Crippen LogP contribution in [0.1, 0.15) is 399 Å². The van der Waals surface area contributed by atoms with Gasteiger partial charge in [-0.1, -0.05) is 366 Å². The highest BCUT2D eigenvalue weighted by Gasteiger charge is 2.28. The first-order valence-electron chi connectivity index (χ1n) is 37.1. The van der Waals surface area contributed by atoms with Gasteiger partial charge < -0.3 is 19.8 Å². The molecule has 0 radical (unpaired) electrons. The summed E-state index contributed by atoms with van der Waals surface area (Å²) in [6.45, 7) is 4.96. The fourth-order valence-corrected chi connectivity index (χ4v) is 12.5. The van der Waals surface area contributed by atoms with Crippen LogP contribution in [0.4, 0.5) is 0 Å². The summed E-state index contributed by atoms with van der Waals surface area (Å²) in [4.78, 5) is 23.5. The van der Waals surface area contributed by atoms with Gasteiger partial charge in [-0.15, -0.1) is 0 Å². The zero-order valence-electron chi connectivity index (χ0n) is 56.3. The molecule has 0 saturated heterocycles. The van der Waals surface area contributed by atoms with Crippen molar-refractivity contribution in [3.8, 4) is 0 Å². The normalized spacial score (nSPS) is 13.6. The lowest BCUT2D eigenvalue weighted by Gasteiger charge is -2.26. The largest absolute Gasteiger partial charge is 0.472 e. The van der Waals surface area contributed by atoms with Crippen molar-refractivity contribution < 1.29 is 32.9 Å². The topological polar surface area (TPSA) is 105 Å². The average molecular weight is 1180 g/mol. The molecule has 9 heteroatoms. The third-order valence-electron chi connectivity index (χ3n) is 17.5. The lowest BCUT2D eigenvalue weighted by atomic mass is 10.0. The lowest BCUT2D eigenvalue weighted by molar-refractivity contribution is -0.870. The molecule has 3 unspecified atom stereocenters. The molecule has 1 amide bonds. The number of hydrogen-bond donors (Lipinski definition) is 3. The summed E-state index contributed by atoms with van der Waals surface area (Å²) >= 11 is 0. The molecule has 0 spiro atoms. The van der Waals surface area contributed by atoms with Crippen LogP contribution in [0.3, 0.4) is 0 Å². The number of allylic oxidation sites excluding steroid dienone is 2. The summed E-state index contributed by atoms with van der Waals surface area (Å²) in [5, 5.41) is 14.2. The zero-order valence-corrected chi connectivity index (χ0v) is 57.2. The number of amides is 1. The second-order valence-electron chi connectivity index (χ2n) is 27.0. The van der Waals surface area contributed by atoms with E-state index < -0.39 is 20.0 Å². The Morgan fingerprint density at radius 3 is 0.939 bits per heavy atom. The average Bonchev–Trinajstić information content (AvgIpc) is 3.45. The van der Waals surface area contributed by atoms with Crippen molar-refractivity contribution in [3.63, 3.8) is 0 Å². The highest BCUT2D eigenvalue weighted by Crippen LogP contribution is 2.43. The molecule has 0 bridgehead atoms. The van der Waals surface area contributed by atoms with E-state index in [1.165, 1.54) is 334 Å². The molecule has 0 aliphatic rings. The summed E-state index contributed by atoms with van der Waals surface area (Å²) in [7, 11) is 1.64. The standard InChI is InChI=1S/C73H147N2O6P/c1-6-8-10-12-14-16-18-20-22-24-26-28-30-32-34-35-36-37-38-39-41-42-44-46-48-50-52-54-56-58-60-62-64-66-72(76)71(70-81-82(78,79)80-69-68-75(3,4)5)74-73(77)67-65-63-61-59-57-55-53-51-49-47-45-43-40-33-31-29-27-25-23-21-19-17-15-13-11-9-7-2/h25,27,71-72,76H,6-24,26,28-70H2,1-5H3,(H-,74,77,78,79)/p+1/b27-25-. The zero-order chi connectivity index (χ0) is 59.8. The molecule has 0 aromatic carbocycles. The van der Waals surface area contributed by atoms with Crippen LogP contribution >= 0.6 is 7.82 Å². The van der Waals surface area contributed by atoms with E-state index in [-0.39, 0.29) is 19.1 Å². The number of phosphoric ester groups is 1. The van der Waals surface area contributed by atoms with Gasteiger partial charge >= 0.3 is 7.82 Å². The number of carbonyl (C=O) groups is 1. The van der Waals surface area contributed by atoms with Gasteiger partial charge in [0.25, 0.3) is 0 Å². The van der Waals surface area contributed by atoms with E-state index in [0.29, 0.717) is 23.9 Å². The van der Waals surface area contributed by atoms with Gasteiger partial charge in [0.1, 0.15) is 13.2 Å². The summed E-state index contributed by atoms with van der Waals surface area (Å²) in [5.41, 5.74) is 0. The van der Waals surface area contributed by atoms with Crippen LogP contribution in [0.15, 0.2) is 12.2 Å². The van der Waals surface area contributed by atoms with Crippen LogP contribution in [0.25, 0.3) is 0 Å². The molecule has 0 rings (SSSR count). The van der Waals surface area contributed by atoms with Crippen molar-refractivity contribution in [1.29, 1.82) is 0 Å². The predicted molar refractivity (Wildman–Crippen MR) is 360 cm³/mol. The SMILES string of the molecule is CCCCCCCCCC/C=C\CCCCCCCCCCCCCCCCCC(=O)NC(COP(=O)(O)OCC[N+](C)(C)C)C(O)CCCCCCCCCCCCCCCCCCCCCCCCCCCCCCCCCCC. The number of likely N-dealkylation sites (N-methyl/N-ethyl adjacent to an activating group) is 1. The van der Waals surface area contributed by atoms with Crippen molar-refractivity contribution in [3.05, 3.63) is 12.2 Å². The van der Waals surface area contributed by atoms with E-state index in [0.717, 1.165) is 38.5 Å². The summed E-state index contributed by atoms with van der Waals surface area (Å²) in [6, 6.07) is -0.759. The molecule has 490 valence electrons. The number of phosphoric acid groups is 1. The Hall–Kier alpha value is -0.760. The van der Waals surface area contributed by atoms with Crippen LogP contribution in [0.5, 0.6) is 0 Å². The Kier molecular flexibility index (Phi) is 64.1. The molecular weight excluding hydrogens is 1030 g/mol. The maximum Gasteiger partial charge on any atom is 0.472 e. The molecule has 3 N–H and O–H groups in total. The number of nitrogens with one attached hydrogen (secondary N) is 1. The van der Waals surface area contributed by atoms with Gasteiger partial charge in [0.2, 0.25) is 5.91 Å². The first-order valence-corrected chi connectivity index (χ1v) is 38.5. The molecule has 0 aliphatic heterocycles. The summed E-state index contributed by atoms with van der Waals surface area (Å²) in [5.74, 6) is -0.135. The number of hydrogen-bond acceptors (Lipinski definition) is 5. The van der Waals surface area contributed by atoms with Crippen LogP contribution < -0.4 is 5.32 Å². The van der Waals surface area contributed by atoms with Gasteiger partial charge in [0, 0.05) is 6.42 Å². The molecule has 8 nitrogen and oxygen atoms in total. The van der Waals surface area contributed by atoms with Gasteiger partial charge in [-0.2, -0.15) is 0 Å². The van der Waals surface area contributed by atoms with E-state index in [9.17, 15) is 19.4 Å². The molecule has 0 aliphatic carbocycles. The van der Waals surface area contributed by atoms with E-state index in [1.807, 2.05) is 21.1 Å². The van der Waals surface area contributed by atoms with E-state index in [2.05, 4.69) is 31.3 Å². The van der Waals surface area contributed by atoms with E-state index >= 15 is 0 Å². The molecule has 0 heterocycles. The van der Waals surface area contributed by atoms with Crippen molar-refractivity contribution in [2.24, 2.45) is 0 Å². The number of aliphatic hydroxyl groups excluding tert-OH is 1. The Bertz CT molecular complexity index is 1340. The third kappa shape index (κ3) is 66.8. The van der Waals surface area contributed by atoms with Gasteiger partial charge in [0.05, 0.1) is 39.9 Å². The van der Waals surface area contributed by atoms with E-state index in [4.69, 9.17) is 9.05 Å². The predicted octanol–water partition coefficient (Wildman–Crippen LogP) is 23.7. The molecule has 82 heavy (non-hydrogen) atoms. The number of rotatable bonds is 70. The number of carbonyl (C=O) groups excluding carboxylic acids is 1. The maximum atomic E-state index is 13.1. The van der Waals surface area contributed by atoms with Gasteiger partial charge in [0.15, 0.2) is 0 Å². The summed E-state index contributed by atoms with van der Waals surface area (Å²) < 4.78 is 23.9. The minimum absolute atomic E-state index is 0.0781. The number of quaternary nitrogens is 1. The van der Waals surface area contributed by atoms with Crippen LogP contribution in [-0.4, -0.2) is 73.4 Å². The second kappa shape index (κ2) is 64.7. The van der Waals surface area contributed by atoms with E-state index in [1.54, 1.807) is 0 Å². The van der Waals surface area contributed by atoms with Crippen molar-refractivity contribution in [2.75, 3.05) is 40.9 Å². The Labute approximate surface area is 513 Å². The fraction of sp³-hybridized carbons (Fsp3) is 0.959. The lowest BCUT2D eigenvalue weighted by Crippen LogP contribution is -2.46. The Morgan fingerprint density at radius 2 is 0.659 bits per heavy atom. The highest BCUT2D eigenvalue weighted by molar-refractivity contribution is 7.47. The quantitative estimate of drug-likeness (QED) is 0.0243. The number of aliphatic hydroxyl groups is 1. The van der Waals surface area contributed by atoms with Gasteiger partial charge in [-0.3, -0.25) is 13.8 Å². The smallest absolute Gasteiger partial charge is 0.391 e. The third-order valence-corrected chi connectivity index (χ3v) is 18.5. The first-order chi connectivity index (χ1) is 40.0. The number of nitrogens with zero attached hydrogens (tertiary/aromatic N) is 1. The Morgan fingerprint density at radius 1 is 0.402 bits per heavy atom. The summed E-state index contributed by atoms with van der Waals surface area (Å²) in [6.07, 6.45) is 83.3. The molecule has 3 atom stereocenters. The van der Waals surface area contributed by atoms with Crippen LogP contribution in [0, 0.1) is 0 Å². The Balaban J connectivity index is 3.96. The number of unbranched alkanes of at least 4 members (excludes halogenated alkanes) is 55. The van der Waals surface area contributed by atoms with Gasteiger partial charge in [-0.05, 0) is 38.5 Å². The van der Waals surface area contributed by atoms with Crippen molar-refractivity contribution in [2.45, 2.75) is 411 Å². The van der Waals surface area contributed by atoms with Crippen LogP contribution in [0.2, 0.25) is 0 Å². The molecular formula is C73H148N2O6P+. The fourth-order valence-electron chi connectivity index (χ4n) is 11.8. The highest BCUT2D eigenvalue weighted by atomic mass is 31.2. The molecule has 0 aromatic heterocycles. The minimum atomic E-state index is -4.33.